The van der Waals surface area contributed by atoms with Crippen molar-refractivity contribution in [1.29, 1.82) is 0 Å². The Balaban J connectivity index is 1.63. The van der Waals surface area contributed by atoms with Gasteiger partial charge < -0.3 is 15.4 Å². The number of hydrogen-bond donors (Lipinski definition) is 2. The van der Waals surface area contributed by atoms with E-state index in [9.17, 15) is 13.2 Å². The quantitative estimate of drug-likeness (QED) is 0.557. The predicted molar refractivity (Wildman–Crippen MR) is 113 cm³/mol. The Kier molecular flexibility index (Phi) is 5.57. The summed E-state index contributed by atoms with van der Waals surface area (Å²) < 4.78 is 45.7. The Morgan fingerprint density at radius 3 is 2.71 bits per heavy atom. The van der Waals surface area contributed by atoms with Crippen molar-refractivity contribution in [2.45, 2.75) is 12.6 Å². The van der Waals surface area contributed by atoms with Gasteiger partial charge in [-0.15, -0.1) is 0 Å². The molecule has 0 aliphatic heterocycles. The Bertz CT molecular complexity index is 1200. The van der Waals surface area contributed by atoms with Gasteiger partial charge in [-0.3, -0.25) is 4.98 Å². The van der Waals surface area contributed by atoms with Gasteiger partial charge in [-0.1, -0.05) is 12.1 Å². The van der Waals surface area contributed by atoms with Crippen LogP contribution in [0.1, 0.15) is 12.0 Å². The second-order valence-corrected chi connectivity index (χ2v) is 6.65. The summed E-state index contributed by atoms with van der Waals surface area (Å²) in [6.45, 7) is 0. The number of benzene rings is 1. The molecule has 0 bridgehead atoms. The molecule has 0 saturated heterocycles. The summed E-state index contributed by atoms with van der Waals surface area (Å²) in [6.07, 6.45) is 5.21. The number of methoxy groups -OCH3 is 1. The number of alkyl halides is 3. The first-order valence-electron chi connectivity index (χ1n) is 9.38. The van der Waals surface area contributed by atoms with Crippen LogP contribution in [0.25, 0.3) is 10.9 Å². The minimum Gasteiger partial charge on any atom is -0.497 e. The van der Waals surface area contributed by atoms with Gasteiger partial charge in [-0.2, -0.15) is 18.2 Å². The zero-order chi connectivity index (χ0) is 21.8. The van der Waals surface area contributed by atoms with Gasteiger partial charge in [0.15, 0.2) is 0 Å². The maximum Gasteiger partial charge on any atom is 0.421 e. The molecule has 0 radical (unpaired) electrons. The van der Waals surface area contributed by atoms with Crippen LogP contribution < -0.4 is 10.6 Å². The van der Waals surface area contributed by atoms with E-state index in [1.165, 1.54) is 7.11 Å². The molecule has 0 fully saturated rings. The summed E-state index contributed by atoms with van der Waals surface area (Å²) in [6, 6.07) is 9.09. The Hall–Kier alpha value is -3.88. The monoisotopic (exact) mass is 425 g/mol. The van der Waals surface area contributed by atoms with Crippen molar-refractivity contribution in [3.8, 4) is 0 Å². The van der Waals surface area contributed by atoms with E-state index in [4.69, 9.17) is 4.74 Å². The zero-order valence-corrected chi connectivity index (χ0v) is 16.4. The number of ether oxygens (including phenoxy) is 1. The maximum atomic E-state index is 13.5. The van der Waals surface area contributed by atoms with E-state index in [2.05, 4.69) is 25.6 Å². The minimum absolute atomic E-state index is 0.0349. The zero-order valence-electron chi connectivity index (χ0n) is 16.4. The van der Waals surface area contributed by atoms with Crippen molar-refractivity contribution in [2.24, 2.45) is 0 Å². The number of rotatable bonds is 5. The number of anilines is 3. The van der Waals surface area contributed by atoms with Gasteiger partial charge in [-0.25, -0.2) is 4.98 Å². The average molecular weight is 425 g/mol. The van der Waals surface area contributed by atoms with Crippen LogP contribution >= 0.6 is 0 Å². The Labute approximate surface area is 176 Å². The smallest absolute Gasteiger partial charge is 0.421 e. The van der Waals surface area contributed by atoms with Crippen LogP contribution in [0.2, 0.25) is 0 Å². The van der Waals surface area contributed by atoms with E-state index < -0.39 is 11.7 Å². The summed E-state index contributed by atoms with van der Waals surface area (Å²) in [4.78, 5) is 12.2. The van der Waals surface area contributed by atoms with Crippen molar-refractivity contribution in [3.63, 3.8) is 0 Å². The van der Waals surface area contributed by atoms with Gasteiger partial charge in [0.2, 0.25) is 5.95 Å². The number of pyridine rings is 1. The highest BCUT2D eigenvalue weighted by molar-refractivity contribution is 5.82. The third kappa shape index (κ3) is 4.82. The first-order valence-corrected chi connectivity index (χ1v) is 9.38. The molecule has 0 amide bonds. The average Bonchev–Trinajstić information content (AvgIpc) is 2.98. The molecule has 1 aromatic carbocycles. The number of halogens is 3. The SMILES string of the molecule is COC1=CCC=C(Nc2nc(Nc3ccc4ncccc4c3)ncc2C(F)(F)F)C=C1. The van der Waals surface area contributed by atoms with Crippen molar-refractivity contribution >= 4 is 28.4 Å². The molecule has 31 heavy (non-hydrogen) atoms. The van der Waals surface area contributed by atoms with Gasteiger partial charge >= 0.3 is 6.18 Å². The standard InChI is InChI=1S/C22H18F3N5O/c1-31-17-6-2-5-15(7-9-17)28-20-18(22(23,24)25)13-27-21(30-20)29-16-8-10-19-14(12-16)4-3-11-26-19/h3-13H,2H2,1H3,(H2,27,28,29,30). The van der Waals surface area contributed by atoms with E-state index in [0.29, 0.717) is 23.6 Å². The molecular weight excluding hydrogens is 407 g/mol. The fraction of sp³-hybridized carbons (Fsp3) is 0.136. The van der Waals surface area contributed by atoms with E-state index in [1.54, 1.807) is 36.6 Å². The molecular formula is C22H18F3N5O. The molecule has 4 rings (SSSR count). The third-order valence-corrected chi connectivity index (χ3v) is 4.54. The first-order chi connectivity index (χ1) is 14.9. The number of nitrogens with zero attached hydrogens (tertiary/aromatic N) is 3. The molecule has 6 nitrogen and oxygen atoms in total. The Morgan fingerprint density at radius 2 is 1.90 bits per heavy atom. The fourth-order valence-electron chi connectivity index (χ4n) is 3.02. The number of hydrogen-bond acceptors (Lipinski definition) is 6. The lowest BCUT2D eigenvalue weighted by Gasteiger charge is -2.15. The minimum atomic E-state index is -4.61. The third-order valence-electron chi connectivity index (χ3n) is 4.54. The summed E-state index contributed by atoms with van der Waals surface area (Å²) in [7, 11) is 1.53. The topological polar surface area (TPSA) is 72.0 Å². The van der Waals surface area contributed by atoms with Gasteiger partial charge in [0.1, 0.15) is 17.1 Å². The lowest BCUT2D eigenvalue weighted by atomic mass is 10.2. The van der Waals surface area contributed by atoms with Crippen molar-refractivity contribution in [2.75, 3.05) is 17.7 Å². The van der Waals surface area contributed by atoms with E-state index in [-0.39, 0.29) is 11.8 Å². The summed E-state index contributed by atoms with van der Waals surface area (Å²) in [5.41, 5.74) is 0.947. The van der Waals surface area contributed by atoms with Crippen LogP contribution in [-0.4, -0.2) is 22.1 Å². The van der Waals surface area contributed by atoms with Crippen LogP contribution in [-0.2, 0) is 10.9 Å². The predicted octanol–water partition coefficient (Wildman–Crippen LogP) is 5.57. The fourth-order valence-corrected chi connectivity index (χ4v) is 3.02. The number of nitrogens with one attached hydrogen (secondary N) is 2. The number of allylic oxidation sites excluding steroid dienone is 4. The lowest BCUT2D eigenvalue weighted by Crippen LogP contribution is -2.14. The maximum absolute atomic E-state index is 13.5. The largest absolute Gasteiger partial charge is 0.497 e. The highest BCUT2D eigenvalue weighted by Crippen LogP contribution is 2.35. The van der Waals surface area contributed by atoms with Crippen LogP contribution in [0.3, 0.4) is 0 Å². The molecule has 3 aromatic rings. The van der Waals surface area contributed by atoms with Crippen LogP contribution in [0.4, 0.5) is 30.6 Å². The molecule has 1 aliphatic carbocycles. The summed E-state index contributed by atoms with van der Waals surface area (Å²) in [5, 5.41) is 6.60. The highest BCUT2D eigenvalue weighted by Gasteiger charge is 2.35. The van der Waals surface area contributed by atoms with Crippen LogP contribution in [0.15, 0.2) is 78.5 Å². The van der Waals surface area contributed by atoms with E-state index in [1.807, 2.05) is 24.3 Å². The molecule has 158 valence electrons. The van der Waals surface area contributed by atoms with E-state index >= 15 is 0 Å². The number of aromatic nitrogens is 3. The molecule has 2 aromatic heterocycles. The highest BCUT2D eigenvalue weighted by atomic mass is 19.4. The molecule has 0 atom stereocenters. The van der Waals surface area contributed by atoms with Gasteiger partial charge in [0.25, 0.3) is 0 Å². The van der Waals surface area contributed by atoms with Gasteiger partial charge in [0.05, 0.1) is 12.6 Å². The number of fused-ring (bicyclic) bond motifs is 1. The molecule has 0 saturated carbocycles. The van der Waals surface area contributed by atoms with Crippen molar-refractivity contribution < 1.29 is 17.9 Å². The van der Waals surface area contributed by atoms with Crippen molar-refractivity contribution in [3.05, 3.63) is 84.0 Å². The molecule has 2 heterocycles. The summed E-state index contributed by atoms with van der Waals surface area (Å²) in [5.74, 6) is 0.316. The van der Waals surface area contributed by atoms with E-state index in [0.717, 1.165) is 17.1 Å². The van der Waals surface area contributed by atoms with Crippen molar-refractivity contribution in [1.82, 2.24) is 15.0 Å². The normalized spacial score (nSPS) is 13.9. The molecule has 0 spiro atoms. The molecule has 2 N–H and O–H groups in total. The molecule has 1 aliphatic rings. The van der Waals surface area contributed by atoms with Gasteiger partial charge in [-0.05, 0) is 48.9 Å². The molecule has 0 unspecified atom stereocenters. The first kappa shape index (κ1) is 20.4. The second kappa shape index (κ2) is 8.47. The second-order valence-electron chi connectivity index (χ2n) is 6.65. The lowest BCUT2D eigenvalue weighted by molar-refractivity contribution is -0.137. The van der Waals surface area contributed by atoms with Gasteiger partial charge in [0, 0.05) is 29.2 Å². The summed E-state index contributed by atoms with van der Waals surface area (Å²) >= 11 is 0. The van der Waals surface area contributed by atoms with Crippen LogP contribution in [0.5, 0.6) is 0 Å². The molecule has 9 heteroatoms. The van der Waals surface area contributed by atoms with Crippen LogP contribution in [0, 0.1) is 0 Å². The Morgan fingerprint density at radius 1 is 1.03 bits per heavy atom.